The van der Waals surface area contributed by atoms with Crippen molar-refractivity contribution in [3.05, 3.63) is 24.3 Å². The zero-order valence-electron chi connectivity index (χ0n) is 10.5. The first-order chi connectivity index (χ1) is 8.46. The zero-order valence-corrected chi connectivity index (χ0v) is 10.5. The van der Waals surface area contributed by atoms with Gasteiger partial charge in [0.15, 0.2) is 0 Å². The largest absolute Gasteiger partial charge is 0.444 e. The third kappa shape index (κ3) is 2.93. The van der Waals surface area contributed by atoms with E-state index in [9.17, 15) is 4.79 Å². The average Bonchev–Trinajstić information content (AvgIpc) is 2.67. The van der Waals surface area contributed by atoms with Crippen LogP contribution in [0, 0.1) is 0 Å². The van der Waals surface area contributed by atoms with Crippen molar-refractivity contribution in [3.63, 3.8) is 0 Å². The van der Waals surface area contributed by atoms with E-state index in [0.717, 1.165) is 5.52 Å². The number of hydrogen-bond acceptors (Lipinski definition) is 5. The number of alkyl carbamates (subject to hydrolysis) is 1. The van der Waals surface area contributed by atoms with E-state index in [0.29, 0.717) is 5.69 Å². The average molecular weight is 249 g/mol. The van der Waals surface area contributed by atoms with Gasteiger partial charge in [0.05, 0.1) is 12.7 Å². The van der Waals surface area contributed by atoms with Crippen molar-refractivity contribution in [2.24, 2.45) is 0 Å². The number of fused-ring (bicyclic) bond motifs is 1. The monoisotopic (exact) mass is 249 g/mol. The molecule has 0 aromatic carbocycles. The van der Waals surface area contributed by atoms with E-state index in [2.05, 4.69) is 20.6 Å². The maximum Gasteiger partial charge on any atom is 0.407 e. The number of amides is 1. The highest BCUT2D eigenvalue weighted by Gasteiger charge is 2.16. The molecule has 0 spiro atoms. The predicted octanol–water partition coefficient (Wildman–Crippen LogP) is 1.15. The Labute approximate surface area is 104 Å². The zero-order chi connectivity index (χ0) is 13.2. The molecule has 0 radical (unpaired) electrons. The van der Waals surface area contributed by atoms with Crippen LogP contribution in [0.5, 0.6) is 0 Å². The summed E-state index contributed by atoms with van der Waals surface area (Å²) in [5.74, 6) is 0. The number of nitrogens with zero attached hydrogens (tertiary/aromatic N) is 4. The lowest BCUT2D eigenvalue weighted by Crippen LogP contribution is -2.32. The summed E-state index contributed by atoms with van der Waals surface area (Å²) in [7, 11) is 0. The molecule has 2 aromatic heterocycles. The van der Waals surface area contributed by atoms with Crippen LogP contribution in [0.2, 0.25) is 0 Å². The van der Waals surface area contributed by atoms with E-state index in [-0.39, 0.29) is 6.54 Å². The number of hydrogen-bond donors (Lipinski definition) is 1. The molecule has 1 N–H and O–H groups in total. The molecule has 0 aliphatic rings. The Balaban J connectivity index is 2.00. The molecule has 18 heavy (non-hydrogen) atoms. The SMILES string of the molecule is CC(C)(C)OC(=O)NCc1nnn2ccncc12. The van der Waals surface area contributed by atoms with Crippen LogP contribution >= 0.6 is 0 Å². The third-order valence-electron chi connectivity index (χ3n) is 2.09. The Morgan fingerprint density at radius 3 is 3.00 bits per heavy atom. The van der Waals surface area contributed by atoms with Crippen molar-refractivity contribution >= 4 is 11.6 Å². The quantitative estimate of drug-likeness (QED) is 0.863. The first-order valence-corrected chi connectivity index (χ1v) is 5.56. The second-order valence-electron chi connectivity index (χ2n) is 4.80. The Morgan fingerprint density at radius 2 is 2.28 bits per heavy atom. The van der Waals surface area contributed by atoms with Gasteiger partial charge in [-0.2, -0.15) is 0 Å². The lowest BCUT2D eigenvalue weighted by Gasteiger charge is -2.19. The van der Waals surface area contributed by atoms with Crippen molar-refractivity contribution in [3.8, 4) is 0 Å². The van der Waals surface area contributed by atoms with Crippen molar-refractivity contribution in [2.45, 2.75) is 32.9 Å². The molecule has 0 atom stereocenters. The Kier molecular flexibility index (Phi) is 3.14. The van der Waals surface area contributed by atoms with Crippen LogP contribution in [-0.2, 0) is 11.3 Å². The van der Waals surface area contributed by atoms with Gasteiger partial charge in [-0.15, -0.1) is 5.10 Å². The van der Waals surface area contributed by atoms with Crippen molar-refractivity contribution in [2.75, 3.05) is 0 Å². The number of nitrogens with one attached hydrogen (secondary N) is 1. The van der Waals surface area contributed by atoms with E-state index >= 15 is 0 Å². The highest BCUT2D eigenvalue weighted by Crippen LogP contribution is 2.08. The molecule has 0 aliphatic heterocycles. The molecule has 7 nitrogen and oxygen atoms in total. The summed E-state index contributed by atoms with van der Waals surface area (Å²) >= 11 is 0. The van der Waals surface area contributed by atoms with Gasteiger partial charge in [-0.05, 0) is 20.8 Å². The maximum absolute atomic E-state index is 11.5. The number of carbonyl (C=O) groups excluding carboxylic acids is 1. The third-order valence-corrected chi connectivity index (χ3v) is 2.09. The minimum atomic E-state index is -0.514. The molecule has 96 valence electrons. The van der Waals surface area contributed by atoms with Crippen LogP contribution in [0.25, 0.3) is 5.52 Å². The van der Waals surface area contributed by atoms with Gasteiger partial charge in [-0.3, -0.25) is 4.98 Å². The lowest BCUT2D eigenvalue weighted by atomic mass is 10.2. The number of ether oxygens (including phenoxy) is 1. The predicted molar refractivity (Wildman–Crippen MR) is 63.9 cm³/mol. The molecular formula is C11H15N5O2. The fourth-order valence-electron chi connectivity index (χ4n) is 1.39. The standard InChI is InChI=1S/C11H15N5O2/c1-11(2,3)18-10(17)13-6-8-9-7-12-4-5-16(9)15-14-8/h4-5,7H,6H2,1-3H3,(H,13,17). The second-order valence-corrected chi connectivity index (χ2v) is 4.80. The minimum Gasteiger partial charge on any atom is -0.444 e. The van der Waals surface area contributed by atoms with Crippen LogP contribution < -0.4 is 5.32 Å². The van der Waals surface area contributed by atoms with E-state index in [1.165, 1.54) is 0 Å². The van der Waals surface area contributed by atoms with Crippen LogP contribution in [0.15, 0.2) is 18.6 Å². The van der Waals surface area contributed by atoms with Crippen LogP contribution in [0.4, 0.5) is 4.79 Å². The molecule has 2 rings (SSSR count). The van der Waals surface area contributed by atoms with Crippen LogP contribution in [-0.4, -0.2) is 31.5 Å². The van der Waals surface area contributed by atoms with E-state index in [1.54, 1.807) is 23.1 Å². The van der Waals surface area contributed by atoms with Gasteiger partial charge in [0.1, 0.15) is 16.8 Å². The Hall–Kier alpha value is -2.18. The van der Waals surface area contributed by atoms with Gasteiger partial charge in [-0.1, -0.05) is 5.21 Å². The number of aromatic nitrogens is 4. The number of rotatable bonds is 2. The molecule has 2 aromatic rings. The first kappa shape index (κ1) is 12.3. The molecule has 2 heterocycles. The summed E-state index contributed by atoms with van der Waals surface area (Å²) in [4.78, 5) is 15.5. The molecule has 7 heteroatoms. The van der Waals surface area contributed by atoms with Crippen LogP contribution in [0.3, 0.4) is 0 Å². The first-order valence-electron chi connectivity index (χ1n) is 5.56. The maximum atomic E-state index is 11.5. The van der Waals surface area contributed by atoms with E-state index < -0.39 is 11.7 Å². The molecular weight excluding hydrogens is 234 g/mol. The van der Waals surface area contributed by atoms with E-state index in [1.807, 2.05) is 20.8 Å². The molecule has 0 saturated carbocycles. The van der Waals surface area contributed by atoms with Gasteiger partial charge in [0, 0.05) is 12.4 Å². The summed E-state index contributed by atoms with van der Waals surface area (Å²) in [5, 5.41) is 10.5. The molecule has 0 bridgehead atoms. The van der Waals surface area contributed by atoms with Gasteiger partial charge in [0.25, 0.3) is 0 Å². The highest BCUT2D eigenvalue weighted by molar-refractivity contribution is 5.68. The molecule has 0 fully saturated rings. The molecule has 1 amide bonds. The van der Waals surface area contributed by atoms with Gasteiger partial charge >= 0.3 is 6.09 Å². The van der Waals surface area contributed by atoms with Gasteiger partial charge < -0.3 is 10.1 Å². The van der Waals surface area contributed by atoms with Crippen LogP contribution in [0.1, 0.15) is 26.5 Å². The fraction of sp³-hybridized carbons (Fsp3) is 0.455. The summed E-state index contributed by atoms with van der Waals surface area (Å²) in [6.45, 7) is 5.68. The smallest absolute Gasteiger partial charge is 0.407 e. The summed E-state index contributed by atoms with van der Waals surface area (Å²) in [6.07, 6.45) is 4.48. The van der Waals surface area contributed by atoms with E-state index in [4.69, 9.17) is 4.74 Å². The Morgan fingerprint density at radius 1 is 1.50 bits per heavy atom. The Bertz CT molecular complexity index is 558. The summed E-state index contributed by atoms with van der Waals surface area (Å²) in [6, 6.07) is 0. The lowest BCUT2D eigenvalue weighted by molar-refractivity contribution is 0.0523. The molecule has 0 saturated heterocycles. The molecule has 0 unspecified atom stereocenters. The minimum absolute atomic E-state index is 0.254. The normalized spacial score (nSPS) is 11.5. The van der Waals surface area contributed by atoms with Crippen molar-refractivity contribution < 1.29 is 9.53 Å². The van der Waals surface area contributed by atoms with Crippen molar-refractivity contribution in [1.29, 1.82) is 0 Å². The van der Waals surface area contributed by atoms with Gasteiger partial charge in [-0.25, -0.2) is 9.31 Å². The fourth-order valence-corrected chi connectivity index (χ4v) is 1.39. The highest BCUT2D eigenvalue weighted by atomic mass is 16.6. The van der Waals surface area contributed by atoms with Crippen molar-refractivity contribution in [1.82, 2.24) is 25.1 Å². The van der Waals surface area contributed by atoms with Gasteiger partial charge in [0.2, 0.25) is 0 Å². The summed E-state index contributed by atoms with van der Waals surface area (Å²) in [5.41, 5.74) is 0.891. The summed E-state index contributed by atoms with van der Waals surface area (Å²) < 4.78 is 6.72. The number of carbonyl (C=O) groups is 1. The topological polar surface area (TPSA) is 81.4 Å². The molecule has 0 aliphatic carbocycles. The second kappa shape index (κ2) is 4.59.